The van der Waals surface area contributed by atoms with Crippen LogP contribution in [0, 0.1) is 17.1 Å². The highest BCUT2D eigenvalue weighted by Crippen LogP contribution is 2.19. The molecule has 0 aliphatic heterocycles. The van der Waals surface area contributed by atoms with Gasteiger partial charge in [-0.05, 0) is 54.4 Å². The minimum Gasteiger partial charge on any atom is -0.494 e. The van der Waals surface area contributed by atoms with Gasteiger partial charge in [0.05, 0.1) is 18.2 Å². The first kappa shape index (κ1) is 14.9. The topological polar surface area (TPSA) is 42.2 Å². The summed E-state index contributed by atoms with van der Waals surface area (Å²) in [5, 5.41) is 8.80. The second-order valence-electron chi connectivity index (χ2n) is 4.57. The number of rotatable bonds is 6. The zero-order valence-corrected chi connectivity index (χ0v) is 11.8. The zero-order chi connectivity index (χ0) is 15.1. The summed E-state index contributed by atoms with van der Waals surface area (Å²) in [6, 6.07) is 13.4. The quantitative estimate of drug-likeness (QED) is 0.803. The van der Waals surface area contributed by atoms with Gasteiger partial charge < -0.3 is 9.47 Å². The fourth-order valence-corrected chi connectivity index (χ4v) is 1.82. The summed E-state index contributed by atoms with van der Waals surface area (Å²) in [6.07, 6.45) is 0.957. The average molecular weight is 285 g/mol. The standard InChI is InChI=1S/C17H16FNO2/c1-2-7-20-16-3-5-17(6-4-16)21-12-14-8-13(11-19)9-15(18)10-14/h3-6,8-10H,2,7,12H2,1H3. The van der Waals surface area contributed by atoms with E-state index in [0.29, 0.717) is 17.9 Å². The number of nitrogens with zero attached hydrogens (tertiary/aromatic N) is 1. The minimum atomic E-state index is -0.434. The van der Waals surface area contributed by atoms with Crippen LogP contribution in [-0.2, 0) is 6.61 Å². The van der Waals surface area contributed by atoms with Crippen molar-refractivity contribution in [3.8, 4) is 17.6 Å². The van der Waals surface area contributed by atoms with Gasteiger partial charge in [0.2, 0.25) is 0 Å². The molecule has 0 bridgehead atoms. The fraction of sp³-hybridized carbons (Fsp3) is 0.235. The lowest BCUT2D eigenvalue weighted by Crippen LogP contribution is -1.98. The summed E-state index contributed by atoms with van der Waals surface area (Å²) in [6.45, 7) is 2.94. The molecular weight excluding hydrogens is 269 g/mol. The highest BCUT2D eigenvalue weighted by molar-refractivity contribution is 5.34. The molecule has 108 valence electrons. The first-order valence-corrected chi connectivity index (χ1v) is 6.76. The van der Waals surface area contributed by atoms with Crippen LogP contribution >= 0.6 is 0 Å². The van der Waals surface area contributed by atoms with Gasteiger partial charge in [0.25, 0.3) is 0 Å². The van der Waals surface area contributed by atoms with Gasteiger partial charge in [0, 0.05) is 0 Å². The van der Waals surface area contributed by atoms with Crippen molar-refractivity contribution in [1.29, 1.82) is 5.26 Å². The third-order valence-electron chi connectivity index (χ3n) is 2.79. The van der Waals surface area contributed by atoms with Crippen LogP contribution in [0.15, 0.2) is 42.5 Å². The van der Waals surface area contributed by atoms with Crippen molar-refractivity contribution >= 4 is 0 Å². The second-order valence-corrected chi connectivity index (χ2v) is 4.57. The summed E-state index contributed by atoms with van der Waals surface area (Å²) in [5.74, 6) is 1.03. The molecule has 0 atom stereocenters. The van der Waals surface area contributed by atoms with Crippen LogP contribution in [0.5, 0.6) is 11.5 Å². The molecule has 0 aromatic heterocycles. The van der Waals surface area contributed by atoms with E-state index in [-0.39, 0.29) is 12.2 Å². The molecule has 0 aliphatic rings. The third-order valence-corrected chi connectivity index (χ3v) is 2.79. The molecule has 21 heavy (non-hydrogen) atoms. The van der Waals surface area contributed by atoms with E-state index >= 15 is 0 Å². The number of benzene rings is 2. The maximum Gasteiger partial charge on any atom is 0.124 e. The van der Waals surface area contributed by atoms with Gasteiger partial charge in [-0.3, -0.25) is 0 Å². The SMILES string of the molecule is CCCOc1ccc(OCc2cc(F)cc(C#N)c2)cc1. The van der Waals surface area contributed by atoms with Crippen LogP contribution in [0.2, 0.25) is 0 Å². The summed E-state index contributed by atoms with van der Waals surface area (Å²) in [7, 11) is 0. The maximum absolute atomic E-state index is 13.3. The predicted molar refractivity (Wildman–Crippen MR) is 77.7 cm³/mol. The van der Waals surface area contributed by atoms with Crippen molar-refractivity contribution in [2.24, 2.45) is 0 Å². The zero-order valence-electron chi connectivity index (χ0n) is 11.8. The van der Waals surface area contributed by atoms with Crippen molar-refractivity contribution in [1.82, 2.24) is 0 Å². The monoisotopic (exact) mass is 285 g/mol. The molecule has 3 nitrogen and oxygen atoms in total. The summed E-state index contributed by atoms with van der Waals surface area (Å²) < 4.78 is 24.3. The van der Waals surface area contributed by atoms with Crippen LogP contribution in [0.25, 0.3) is 0 Å². The largest absolute Gasteiger partial charge is 0.494 e. The third kappa shape index (κ3) is 4.50. The molecule has 0 unspecified atom stereocenters. The van der Waals surface area contributed by atoms with Gasteiger partial charge in [-0.2, -0.15) is 5.26 Å². The Morgan fingerprint density at radius 3 is 2.33 bits per heavy atom. The summed E-state index contributed by atoms with van der Waals surface area (Å²) in [4.78, 5) is 0. The normalized spacial score (nSPS) is 9.95. The average Bonchev–Trinajstić information content (AvgIpc) is 2.51. The molecule has 0 N–H and O–H groups in total. The van der Waals surface area contributed by atoms with Crippen molar-refractivity contribution in [2.75, 3.05) is 6.61 Å². The Morgan fingerprint density at radius 1 is 1.05 bits per heavy atom. The Labute approximate surface area is 123 Å². The second kappa shape index (κ2) is 7.30. The van der Waals surface area contributed by atoms with Gasteiger partial charge in [-0.25, -0.2) is 4.39 Å². The Morgan fingerprint density at radius 2 is 1.71 bits per heavy atom. The summed E-state index contributed by atoms with van der Waals surface area (Å²) >= 11 is 0. The number of hydrogen-bond acceptors (Lipinski definition) is 3. The van der Waals surface area contributed by atoms with Crippen LogP contribution < -0.4 is 9.47 Å². The van der Waals surface area contributed by atoms with E-state index in [9.17, 15) is 4.39 Å². The van der Waals surface area contributed by atoms with E-state index in [4.69, 9.17) is 14.7 Å². The molecule has 0 radical (unpaired) electrons. The molecule has 0 saturated heterocycles. The van der Waals surface area contributed by atoms with E-state index in [1.54, 1.807) is 18.2 Å². The number of hydrogen-bond donors (Lipinski definition) is 0. The fourth-order valence-electron chi connectivity index (χ4n) is 1.82. The van der Waals surface area contributed by atoms with Gasteiger partial charge in [0.1, 0.15) is 23.9 Å². The maximum atomic E-state index is 13.3. The molecule has 0 aliphatic carbocycles. The van der Waals surface area contributed by atoms with Crippen molar-refractivity contribution in [3.63, 3.8) is 0 Å². The van der Waals surface area contributed by atoms with Gasteiger partial charge in [0.15, 0.2) is 0 Å². The Kier molecular flexibility index (Phi) is 5.16. The Balaban J connectivity index is 1.97. The highest BCUT2D eigenvalue weighted by Gasteiger charge is 2.02. The van der Waals surface area contributed by atoms with Gasteiger partial charge >= 0.3 is 0 Å². The van der Waals surface area contributed by atoms with Crippen molar-refractivity contribution < 1.29 is 13.9 Å². The molecule has 0 amide bonds. The number of nitriles is 1. The van der Waals surface area contributed by atoms with Crippen molar-refractivity contribution in [2.45, 2.75) is 20.0 Å². The Bertz CT molecular complexity index is 632. The number of halogens is 1. The van der Waals surface area contributed by atoms with Crippen molar-refractivity contribution in [3.05, 3.63) is 59.4 Å². The van der Waals surface area contributed by atoms with E-state index in [1.807, 2.05) is 25.1 Å². The lowest BCUT2D eigenvalue weighted by molar-refractivity contribution is 0.301. The van der Waals surface area contributed by atoms with E-state index in [1.165, 1.54) is 12.1 Å². The van der Waals surface area contributed by atoms with Crippen LogP contribution in [-0.4, -0.2) is 6.61 Å². The van der Waals surface area contributed by atoms with Crippen LogP contribution in [0.3, 0.4) is 0 Å². The van der Waals surface area contributed by atoms with E-state index in [0.717, 1.165) is 12.2 Å². The summed E-state index contributed by atoms with van der Waals surface area (Å²) in [5.41, 5.74) is 0.912. The van der Waals surface area contributed by atoms with Gasteiger partial charge in [-0.1, -0.05) is 6.92 Å². The Hall–Kier alpha value is -2.54. The van der Waals surface area contributed by atoms with E-state index in [2.05, 4.69) is 0 Å². The highest BCUT2D eigenvalue weighted by atomic mass is 19.1. The molecule has 2 aromatic carbocycles. The molecule has 0 fully saturated rings. The van der Waals surface area contributed by atoms with Crippen LogP contribution in [0.4, 0.5) is 4.39 Å². The molecule has 4 heteroatoms. The van der Waals surface area contributed by atoms with E-state index < -0.39 is 5.82 Å². The molecule has 2 rings (SSSR count). The van der Waals surface area contributed by atoms with Crippen LogP contribution in [0.1, 0.15) is 24.5 Å². The smallest absolute Gasteiger partial charge is 0.124 e. The first-order valence-electron chi connectivity index (χ1n) is 6.76. The van der Waals surface area contributed by atoms with Gasteiger partial charge in [-0.15, -0.1) is 0 Å². The molecule has 0 spiro atoms. The molecular formula is C17H16FNO2. The lowest BCUT2D eigenvalue weighted by atomic mass is 10.1. The first-order chi connectivity index (χ1) is 10.2. The molecule has 0 saturated carbocycles. The minimum absolute atomic E-state index is 0.210. The molecule has 0 heterocycles. The number of ether oxygens (including phenoxy) is 2. The predicted octanol–water partition coefficient (Wildman–Crippen LogP) is 4.07. The lowest BCUT2D eigenvalue weighted by Gasteiger charge is -2.08. The molecule has 2 aromatic rings.